The van der Waals surface area contributed by atoms with Crippen molar-refractivity contribution in [3.05, 3.63) is 0 Å². The molecule has 1 saturated carbocycles. The zero-order valence-corrected chi connectivity index (χ0v) is 14.0. The molecule has 2 rings (SSSR count). The van der Waals surface area contributed by atoms with Crippen molar-refractivity contribution in [2.45, 2.75) is 63.8 Å². The number of nitrogens with zero attached hydrogens (tertiary/aromatic N) is 1. The van der Waals surface area contributed by atoms with E-state index in [1.165, 1.54) is 19.3 Å². The molecule has 2 fully saturated rings. The fourth-order valence-corrected chi connectivity index (χ4v) is 3.90. The van der Waals surface area contributed by atoms with E-state index in [1.807, 2.05) is 4.90 Å². The minimum Gasteiger partial charge on any atom is -0.396 e. The quantitative estimate of drug-likeness (QED) is 0.741. The van der Waals surface area contributed by atoms with Gasteiger partial charge in [0.05, 0.1) is 6.61 Å². The van der Waals surface area contributed by atoms with Gasteiger partial charge in [0.15, 0.2) is 0 Å². The summed E-state index contributed by atoms with van der Waals surface area (Å²) in [6, 6.07) is 0.413. The van der Waals surface area contributed by atoms with E-state index in [4.69, 9.17) is 4.74 Å². The standard InChI is InChI=1S/C17H32N2O3/c1-22-12-6-10-17(14-20)9-5-11-19(13-17)16(21)18-15-7-3-2-4-8-15/h15,20H,2-14H2,1H3,(H,18,21)/t17-/m1/s1. The van der Waals surface area contributed by atoms with Gasteiger partial charge < -0.3 is 20.1 Å². The van der Waals surface area contributed by atoms with Gasteiger partial charge in [-0.1, -0.05) is 19.3 Å². The Morgan fingerprint density at radius 2 is 2.09 bits per heavy atom. The Bertz CT molecular complexity index is 345. The summed E-state index contributed by atoms with van der Waals surface area (Å²) < 4.78 is 5.12. The van der Waals surface area contributed by atoms with Crippen LogP contribution in [0.2, 0.25) is 0 Å². The number of carbonyl (C=O) groups excluding carboxylic acids is 1. The fourth-order valence-electron chi connectivity index (χ4n) is 3.90. The molecule has 0 bridgehead atoms. The minimum atomic E-state index is -0.138. The van der Waals surface area contributed by atoms with Crippen molar-refractivity contribution in [1.82, 2.24) is 10.2 Å². The molecular weight excluding hydrogens is 280 g/mol. The normalized spacial score (nSPS) is 26.9. The van der Waals surface area contributed by atoms with Gasteiger partial charge in [-0.15, -0.1) is 0 Å². The Morgan fingerprint density at radius 3 is 2.77 bits per heavy atom. The Labute approximate surface area is 134 Å². The molecule has 2 N–H and O–H groups in total. The van der Waals surface area contributed by atoms with E-state index in [0.29, 0.717) is 12.6 Å². The SMILES string of the molecule is COCCC[C@]1(CO)CCCN(C(=O)NC2CCCCC2)C1. The van der Waals surface area contributed by atoms with Gasteiger partial charge in [-0.05, 0) is 38.5 Å². The summed E-state index contributed by atoms with van der Waals surface area (Å²) in [5.74, 6) is 0. The van der Waals surface area contributed by atoms with Gasteiger partial charge in [0, 0.05) is 38.3 Å². The number of aliphatic hydroxyl groups is 1. The van der Waals surface area contributed by atoms with Crippen molar-refractivity contribution < 1.29 is 14.6 Å². The summed E-state index contributed by atoms with van der Waals surface area (Å²) in [5.41, 5.74) is -0.138. The summed E-state index contributed by atoms with van der Waals surface area (Å²) in [6.45, 7) is 2.36. The number of methoxy groups -OCH3 is 1. The van der Waals surface area contributed by atoms with Crippen LogP contribution >= 0.6 is 0 Å². The van der Waals surface area contributed by atoms with E-state index >= 15 is 0 Å². The van der Waals surface area contributed by atoms with Crippen LogP contribution in [0.1, 0.15) is 57.8 Å². The number of piperidine rings is 1. The molecular formula is C17H32N2O3. The molecule has 0 aromatic carbocycles. The Kier molecular flexibility index (Phi) is 6.96. The molecule has 2 amide bonds. The van der Waals surface area contributed by atoms with E-state index in [0.717, 1.165) is 51.7 Å². The molecule has 5 heteroatoms. The number of rotatable bonds is 6. The Morgan fingerprint density at radius 1 is 1.32 bits per heavy atom. The van der Waals surface area contributed by atoms with Gasteiger partial charge in [0.1, 0.15) is 0 Å². The molecule has 5 nitrogen and oxygen atoms in total. The average Bonchev–Trinajstić information content (AvgIpc) is 2.56. The number of hydrogen-bond acceptors (Lipinski definition) is 3. The first-order chi connectivity index (χ1) is 10.7. The highest BCUT2D eigenvalue weighted by molar-refractivity contribution is 5.74. The van der Waals surface area contributed by atoms with E-state index in [2.05, 4.69) is 5.32 Å². The average molecular weight is 312 g/mol. The number of hydrogen-bond donors (Lipinski definition) is 2. The lowest BCUT2D eigenvalue weighted by Gasteiger charge is -2.42. The largest absolute Gasteiger partial charge is 0.396 e. The number of ether oxygens (including phenoxy) is 1. The van der Waals surface area contributed by atoms with Gasteiger partial charge in [-0.25, -0.2) is 4.79 Å². The Balaban J connectivity index is 1.85. The van der Waals surface area contributed by atoms with Gasteiger partial charge in [-0.3, -0.25) is 0 Å². The molecule has 1 saturated heterocycles. The van der Waals surface area contributed by atoms with Crippen LogP contribution in [0.4, 0.5) is 4.79 Å². The third-order valence-electron chi connectivity index (χ3n) is 5.27. The van der Waals surface area contributed by atoms with Crippen molar-refractivity contribution in [2.24, 2.45) is 5.41 Å². The van der Waals surface area contributed by atoms with E-state index < -0.39 is 0 Å². The molecule has 1 heterocycles. The maximum atomic E-state index is 12.5. The number of aliphatic hydroxyl groups excluding tert-OH is 1. The molecule has 0 radical (unpaired) electrons. The van der Waals surface area contributed by atoms with E-state index in [9.17, 15) is 9.90 Å². The highest BCUT2D eigenvalue weighted by Gasteiger charge is 2.36. The maximum Gasteiger partial charge on any atom is 0.317 e. The monoisotopic (exact) mass is 312 g/mol. The third kappa shape index (κ3) is 4.85. The van der Waals surface area contributed by atoms with Gasteiger partial charge in [-0.2, -0.15) is 0 Å². The van der Waals surface area contributed by atoms with E-state index in [1.54, 1.807) is 7.11 Å². The number of amides is 2. The topological polar surface area (TPSA) is 61.8 Å². The molecule has 128 valence electrons. The summed E-state index contributed by atoms with van der Waals surface area (Å²) >= 11 is 0. The van der Waals surface area contributed by atoms with Crippen molar-refractivity contribution in [1.29, 1.82) is 0 Å². The number of carbonyl (C=O) groups is 1. The molecule has 22 heavy (non-hydrogen) atoms. The van der Waals surface area contributed by atoms with Crippen molar-refractivity contribution in [3.63, 3.8) is 0 Å². The van der Waals surface area contributed by atoms with Crippen molar-refractivity contribution in [3.8, 4) is 0 Å². The third-order valence-corrected chi connectivity index (χ3v) is 5.27. The number of nitrogens with one attached hydrogen (secondary N) is 1. The highest BCUT2D eigenvalue weighted by atomic mass is 16.5. The maximum absolute atomic E-state index is 12.5. The van der Waals surface area contributed by atoms with Gasteiger partial charge >= 0.3 is 6.03 Å². The second-order valence-corrected chi connectivity index (χ2v) is 7.06. The predicted molar refractivity (Wildman–Crippen MR) is 86.8 cm³/mol. The first kappa shape index (κ1) is 17.5. The molecule has 2 aliphatic rings. The van der Waals surface area contributed by atoms with Crippen LogP contribution in [0.3, 0.4) is 0 Å². The van der Waals surface area contributed by atoms with Crippen LogP contribution in [-0.2, 0) is 4.74 Å². The highest BCUT2D eigenvalue weighted by Crippen LogP contribution is 2.34. The first-order valence-corrected chi connectivity index (χ1v) is 8.84. The smallest absolute Gasteiger partial charge is 0.317 e. The van der Waals surface area contributed by atoms with Crippen LogP contribution in [0.25, 0.3) is 0 Å². The number of likely N-dealkylation sites (tertiary alicyclic amines) is 1. The summed E-state index contributed by atoms with van der Waals surface area (Å²) in [5, 5.41) is 13.1. The second kappa shape index (κ2) is 8.73. The zero-order chi connectivity index (χ0) is 15.8. The molecule has 0 unspecified atom stereocenters. The van der Waals surface area contributed by atoms with Crippen molar-refractivity contribution >= 4 is 6.03 Å². The van der Waals surface area contributed by atoms with Crippen molar-refractivity contribution in [2.75, 3.05) is 33.4 Å². The van der Waals surface area contributed by atoms with E-state index in [-0.39, 0.29) is 18.1 Å². The van der Waals surface area contributed by atoms with Gasteiger partial charge in [0.25, 0.3) is 0 Å². The lowest BCUT2D eigenvalue weighted by Crippen LogP contribution is -2.53. The molecule has 0 aromatic rings. The molecule has 1 atom stereocenters. The fraction of sp³-hybridized carbons (Fsp3) is 0.941. The van der Waals surface area contributed by atoms with Crippen LogP contribution in [0, 0.1) is 5.41 Å². The molecule has 0 spiro atoms. The first-order valence-electron chi connectivity index (χ1n) is 8.84. The van der Waals surface area contributed by atoms with Crippen LogP contribution < -0.4 is 5.32 Å². The lowest BCUT2D eigenvalue weighted by atomic mass is 9.77. The van der Waals surface area contributed by atoms with Gasteiger partial charge in [0.2, 0.25) is 0 Å². The molecule has 1 aliphatic heterocycles. The number of urea groups is 1. The predicted octanol–water partition coefficient (Wildman–Crippen LogP) is 2.53. The second-order valence-electron chi connectivity index (χ2n) is 7.06. The minimum absolute atomic E-state index is 0.0659. The van der Waals surface area contributed by atoms with Crippen LogP contribution in [0.5, 0.6) is 0 Å². The lowest BCUT2D eigenvalue weighted by molar-refractivity contribution is 0.0321. The molecule has 0 aromatic heterocycles. The zero-order valence-electron chi connectivity index (χ0n) is 14.0. The summed E-state index contributed by atoms with van der Waals surface area (Å²) in [6.07, 6.45) is 9.80. The van der Waals surface area contributed by atoms with Crippen LogP contribution in [-0.4, -0.2) is 55.5 Å². The molecule has 1 aliphatic carbocycles. The summed E-state index contributed by atoms with van der Waals surface area (Å²) in [4.78, 5) is 14.4. The summed E-state index contributed by atoms with van der Waals surface area (Å²) in [7, 11) is 1.70. The Hall–Kier alpha value is -0.810. The van der Waals surface area contributed by atoms with Crippen LogP contribution in [0.15, 0.2) is 0 Å².